The lowest BCUT2D eigenvalue weighted by Crippen LogP contribution is -2.27. The fourth-order valence-electron chi connectivity index (χ4n) is 2.67. The largest absolute Gasteiger partial charge is 0.461 e. The molecule has 6 heteroatoms. The molecule has 0 radical (unpaired) electrons. The van der Waals surface area contributed by atoms with Crippen molar-refractivity contribution in [3.8, 4) is 0 Å². The van der Waals surface area contributed by atoms with Gasteiger partial charge < -0.3 is 4.74 Å². The van der Waals surface area contributed by atoms with Crippen LogP contribution < -0.4 is 5.56 Å². The highest BCUT2D eigenvalue weighted by Gasteiger charge is 2.20. The maximum Gasteiger partial charge on any atom is 0.326 e. The average molecular weight is 306 g/mol. The highest BCUT2D eigenvalue weighted by Crippen LogP contribution is 2.22. The van der Waals surface area contributed by atoms with Crippen LogP contribution in [0.25, 0.3) is 10.2 Å². The maximum absolute atomic E-state index is 12.4. The predicted molar refractivity (Wildman–Crippen MR) is 81.6 cm³/mol. The number of rotatable bonds is 4. The van der Waals surface area contributed by atoms with E-state index in [2.05, 4.69) is 4.98 Å². The molecule has 0 N–H and O–H groups in total. The minimum Gasteiger partial charge on any atom is -0.461 e. The zero-order chi connectivity index (χ0) is 14.8. The number of esters is 1. The lowest BCUT2D eigenvalue weighted by molar-refractivity contribution is -0.149. The summed E-state index contributed by atoms with van der Waals surface area (Å²) in [6, 6.07) is 1.87. The summed E-state index contributed by atoms with van der Waals surface area (Å²) in [5.74, 6) is -0.351. The Hall–Kier alpha value is -1.69. The topological polar surface area (TPSA) is 61.2 Å². The standard InChI is InChI=1S/C15H18N2O3S/c1-2-11-7-12-14(21-11)16-9-17(15(12)19)8-13(18)20-10-5-3-4-6-10/h7,9-10H,2-6,8H2,1H3. The van der Waals surface area contributed by atoms with Crippen LogP contribution in [0, 0.1) is 0 Å². The molecule has 0 aromatic carbocycles. The van der Waals surface area contributed by atoms with Gasteiger partial charge in [-0.05, 0) is 38.2 Å². The SMILES string of the molecule is CCc1cc2c(=O)n(CC(=O)OC3CCCC3)cnc2s1. The molecule has 1 aliphatic carbocycles. The minimum atomic E-state index is -0.351. The van der Waals surface area contributed by atoms with Crippen LogP contribution >= 0.6 is 11.3 Å². The van der Waals surface area contributed by atoms with Crippen molar-refractivity contribution < 1.29 is 9.53 Å². The van der Waals surface area contributed by atoms with Crippen LogP contribution in [-0.2, 0) is 22.5 Å². The monoisotopic (exact) mass is 306 g/mol. The van der Waals surface area contributed by atoms with E-state index in [0.717, 1.165) is 41.8 Å². The molecule has 2 heterocycles. The van der Waals surface area contributed by atoms with Crippen LogP contribution in [-0.4, -0.2) is 21.6 Å². The molecule has 0 unspecified atom stereocenters. The molecule has 1 saturated carbocycles. The van der Waals surface area contributed by atoms with Crippen molar-refractivity contribution in [2.24, 2.45) is 0 Å². The molecule has 112 valence electrons. The third-order valence-electron chi connectivity index (χ3n) is 3.82. The number of carbonyl (C=O) groups is 1. The molecule has 21 heavy (non-hydrogen) atoms. The predicted octanol–water partition coefficient (Wildman–Crippen LogP) is 2.51. The Bertz CT molecular complexity index is 713. The lowest BCUT2D eigenvalue weighted by Gasteiger charge is -2.11. The van der Waals surface area contributed by atoms with Crippen molar-refractivity contribution in [1.29, 1.82) is 0 Å². The van der Waals surface area contributed by atoms with Crippen LogP contribution in [0.1, 0.15) is 37.5 Å². The van der Waals surface area contributed by atoms with Crippen molar-refractivity contribution in [2.75, 3.05) is 0 Å². The van der Waals surface area contributed by atoms with Gasteiger partial charge in [-0.3, -0.25) is 14.2 Å². The number of nitrogens with zero attached hydrogens (tertiary/aromatic N) is 2. The Morgan fingerprint density at radius 3 is 2.95 bits per heavy atom. The van der Waals surface area contributed by atoms with Crippen LogP contribution in [0.5, 0.6) is 0 Å². The van der Waals surface area contributed by atoms with E-state index >= 15 is 0 Å². The zero-order valence-electron chi connectivity index (χ0n) is 12.0. The molecular formula is C15H18N2O3S. The first-order chi connectivity index (χ1) is 10.2. The molecular weight excluding hydrogens is 288 g/mol. The Morgan fingerprint density at radius 2 is 2.24 bits per heavy atom. The first kappa shape index (κ1) is 14.3. The smallest absolute Gasteiger partial charge is 0.326 e. The molecule has 2 aromatic heterocycles. The number of hydrogen-bond donors (Lipinski definition) is 0. The molecule has 5 nitrogen and oxygen atoms in total. The second kappa shape index (κ2) is 5.97. The molecule has 0 bridgehead atoms. The Kier molecular flexibility index (Phi) is 4.05. The summed E-state index contributed by atoms with van der Waals surface area (Å²) in [6.45, 7) is 1.98. The van der Waals surface area contributed by atoms with Gasteiger partial charge in [-0.1, -0.05) is 6.92 Å². The molecule has 0 atom stereocenters. The van der Waals surface area contributed by atoms with Crippen molar-refractivity contribution in [2.45, 2.75) is 51.7 Å². The van der Waals surface area contributed by atoms with E-state index < -0.39 is 0 Å². The normalized spacial score (nSPS) is 15.7. The molecule has 0 saturated heterocycles. The van der Waals surface area contributed by atoms with E-state index in [1.807, 2.05) is 13.0 Å². The van der Waals surface area contributed by atoms with Gasteiger partial charge in [0, 0.05) is 4.88 Å². The number of carbonyl (C=O) groups excluding carboxylic acids is 1. The molecule has 1 aliphatic rings. The van der Waals surface area contributed by atoms with Crippen LogP contribution in [0.3, 0.4) is 0 Å². The van der Waals surface area contributed by atoms with Gasteiger partial charge in [0.1, 0.15) is 17.5 Å². The number of fused-ring (bicyclic) bond motifs is 1. The van der Waals surface area contributed by atoms with Crippen molar-refractivity contribution in [3.05, 3.63) is 27.6 Å². The molecule has 0 aliphatic heterocycles. The quantitative estimate of drug-likeness (QED) is 0.814. The second-order valence-electron chi connectivity index (χ2n) is 5.36. The first-order valence-corrected chi connectivity index (χ1v) is 8.16. The number of aryl methyl sites for hydroxylation is 1. The van der Waals surface area contributed by atoms with Gasteiger partial charge in [-0.2, -0.15) is 0 Å². The Balaban J connectivity index is 1.78. The van der Waals surface area contributed by atoms with Gasteiger partial charge in [-0.15, -0.1) is 11.3 Å². The number of ether oxygens (including phenoxy) is 1. The summed E-state index contributed by atoms with van der Waals surface area (Å²) in [6.07, 6.45) is 6.43. The maximum atomic E-state index is 12.4. The highest BCUT2D eigenvalue weighted by molar-refractivity contribution is 7.18. The fraction of sp³-hybridized carbons (Fsp3) is 0.533. The first-order valence-electron chi connectivity index (χ1n) is 7.34. The number of hydrogen-bond acceptors (Lipinski definition) is 5. The third-order valence-corrected chi connectivity index (χ3v) is 5.00. The van der Waals surface area contributed by atoms with E-state index in [1.54, 1.807) is 0 Å². The summed E-state index contributed by atoms with van der Waals surface area (Å²) in [5.41, 5.74) is -0.167. The lowest BCUT2D eigenvalue weighted by atomic mass is 10.3. The molecule has 1 fully saturated rings. The third kappa shape index (κ3) is 3.00. The highest BCUT2D eigenvalue weighted by atomic mass is 32.1. The summed E-state index contributed by atoms with van der Waals surface area (Å²) >= 11 is 1.52. The summed E-state index contributed by atoms with van der Waals surface area (Å²) < 4.78 is 6.72. The molecule has 0 amide bonds. The average Bonchev–Trinajstić information content (AvgIpc) is 3.11. The van der Waals surface area contributed by atoms with E-state index in [1.165, 1.54) is 22.2 Å². The van der Waals surface area contributed by atoms with Gasteiger partial charge in [0.25, 0.3) is 5.56 Å². The second-order valence-corrected chi connectivity index (χ2v) is 6.47. The number of thiophene rings is 1. The fourth-order valence-corrected chi connectivity index (χ4v) is 3.59. The zero-order valence-corrected chi connectivity index (χ0v) is 12.8. The van der Waals surface area contributed by atoms with Crippen LogP contribution in [0.4, 0.5) is 0 Å². The Labute approximate surface area is 126 Å². The number of aromatic nitrogens is 2. The summed E-state index contributed by atoms with van der Waals surface area (Å²) in [5, 5.41) is 0.591. The van der Waals surface area contributed by atoms with Crippen molar-refractivity contribution >= 4 is 27.5 Å². The molecule has 3 rings (SSSR count). The molecule has 2 aromatic rings. The molecule has 0 spiro atoms. The van der Waals surface area contributed by atoms with E-state index in [-0.39, 0.29) is 24.2 Å². The van der Waals surface area contributed by atoms with Gasteiger partial charge >= 0.3 is 5.97 Å². The van der Waals surface area contributed by atoms with E-state index in [4.69, 9.17) is 4.74 Å². The van der Waals surface area contributed by atoms with Gasteiger partial charge in [0.15, 0.2) is 0 Å². The summed E-state index contributed by atoms with van der Waals surface area (Å²) in [7, 11) is 0. The van der Waals surface area contributed by atoms with Gasteiger partial charge in [-0.25, -0.2) is 4.98 Å². The van der Waals surface area contributed by atoms with Gasteiger partial charge in [0.05, 0.1) is 11.7 Å². The van der Waals surface area contributed by atoms with E-state index in [0.29, 0.717) is 5.39 Å². The minimum absolute atomic E-state index is 0.0257. The van der Waals surface area contributed by atoms with Crippen LogP contribution in [0.2, 0.25) is 0 Å². The summed E-state index contributed by atoms with van der Waals surface area (Å²) in [4.78, 5) is 30.4. The van der Waals surface area contributed by atoms with Gasteiger partial charge in [0.2, 0.25) is 0 Å². The van der Waals surface area contributed by atoms with E-state index in [9.17, 15) is 9.59 Å². The van der Waals surface area contributed by atoms with Crippen molar-refractivity contribution in [3.63, 3.8) is 0 Å². The van der Waals surface area contributed by atoms with Crippen molar-refractivity contribution in [1.82, 2.24) is 9.55 Å². The Morgan fingerprint density at radius 1 is 1.48 bits per heavy atom. The van der Waals surface area contributed by atoms with Crippen LogP contribution in [0.15, 0.2) is 17.2 Å².